The van der Waals surface area contributed by atoms with Crippen molar-refractivity contribution in [2.75, 3.05) is 25.9 Å². The second-order valence-corrected chi connectivity index (χ2v) is 7.90. The molecule has 2 aromatic rings. The maximum atomic E-state index is 12.9. The highest BCUT2D eigenvalue weighted by Gasteiger charge is 2.26. The van der Waals surface area contributed by atoms with Crippen LogP contribution in [0.2, 0.25) is 5.02 Å². The Bertz CT molecular complexity index is 827. The maximum Gasteiger partial charge on any atom is 0.254 e. The van der Waals surface area contributed by atoms with E-state index in [0.29, 0.717) is 23.7 Å². The largest absolute Gasteiger partial charge is 0.352 e. The van der Waals surface area contributed by atoms with Crippen molar-refractivity contribution in [3.05, 3.63) is 64.7 Å². The van der Waals surface area contributed by atoms with Gasteiger partial charge in [-0.2, -0.15) is 0 Å². The molecule has 0 radical (unpaired) electrons. The molecule has 1 fully saturated rings. The van der Waals surface area contributed by atoms with Crippen LogP contribution in [0.4, 0.5) is 0 Å². The van der Waals surface area contributed by atoms with Crippen LogP contribution < -0.4 is 5.32 Å². The lowest BCUT2D eigenvalue weighted by molar-refractivity contribution is 0.0667. The number of benzene rings is 2. The topological polar surface area (TPSA) is 49.4 Å². The van der Waals surface area contributed by atoms with E-state index in [9.17, 15) is 9.59 Å². The lowest BCUT2D eigenvalue weighted by Crippen LogP contribution is -2.43. The normalized spacial score (nSPS) is 16.8. The molecule has 142 valence electrons. The second kappa shape index (κ2) is 9.29. The fraction of sp³-hybridized carbons (Fsp3) is 0.333. The Kier molecular flexibility index (Phi) is 6.80. The SMILES string of the molecule is CSc1ccccc1C(=O)N1CCCC(CNC(=O)c2ccccc2Cl)C1. The molecule has 2 aromatic carbocycles. The van der Waals surface area contributed by atoms with Crippen molar-refractivity contribution < 1.29 is 9.59 Å². The van der Waals surface area contributed by atoms with Gasteiger partial charge in [0.2, 0.25) is 0 Å². The molecule has 1 saturated heterocycles. The van der Waals surface area contributed by atoms with E-state index in [1.165, 1.54) is 0 Å². The summed E-state index contributed by atoms with van der Waals surface area (Å²) < 4.78 is 0. The number of thioether (sulfide) groups is 1. The van der Waals surface area contributed by atoms with E-state index in [-0.39, 0.29) is 17.7 Å². The number of nitrogens with one attached hydrogen (secondary N) is 1. The van der Waals surface area contributed by atoms with Crippen LogP contribution in [0.3, 0.4) is 0 Å². The molecule has 0 saturated carbocycles. The van der Waals surface area contributed by atoms with Crippen LogP contribution in [0.5, 0.6) is 0 Å². The summed E-state index contributed by atoms with van der Waals surface area (Å²) in [5.41, 5.74) is 1.24. The summed E-state index contributed by atoms with van der Waals surface area (Å²) in [5, 5.41) is 3.41. The van der Waals surface area contributed by atoms with Crippen molar-refractivity contribution in [1.82, 2.24) is 10.2 Å². The summed E-state index contributed by atoms with van der Waals surface area (Å²) in [4.78, 5) is 28.2. The van der Waals surface area contributed by atoms with Gasteiger partial charge in [-0.05, 0) is 49.3 Å². The van der Waals surface area contributed by atoms with Crippen LogP contribution in [0, 0.1) is 5.92 Å². The number of carbonyl (C=O) groups excluding carboxylic acids is 2. The number of carbonyl (C=O) groups is 2. The van der Waals surface area contributed by atoms with Gasteiger partial charge in [-0.25, -0.2) is 0 Å². The fourth-order valence-corrected chi connectivity index (χ4v) is 4.20. The molecule has 3 rings (SSSR count). The van der Waals surface area contributed by atoms with Crippen molar-refractivity contribution in [3.8, 4) is 0 Å². The average Bonchev–Trinajstić information content (AvgIpc) is 2.72. The Morgan fingerprint density at radius 2 is 1.85 bits per heavy atom. The van der Waals surface area contributed by atoms with Crippen LogP contribution in [0.15, 0.2) is 53.4 Å². The summed E-state index contributed by atoms with van der Waals surface area (Å²) in [6.07, 6.45) is 3.92. The van der Waals surface area contributed by atoms with E-state index in [0.717, 1.165) is 29.8 Å². The fourth-order valence-electron chi connectivity index (χ4n) is 3.39. The predicted molar refractivity (Wildman–Crippen MR) is 111 cm³/mol. The van der Waals surface area contributed by atoms with Gasteiger partial charge in [0.05, 0.1) is 16.1 Å². The van der Waals surface area contributed by atoms with Gasteiger partial charge in [-0.1, -0.05) is 35.9 Å². The van der Waals surface area contributed by atoms with E-state index in [1.807, 2.05) is 35.4 Å². The minimum atomic E-state index is -0.170. The molecular formula is C21H23ClN2O2S. The zero-order valence-corrected chi connectivity index (χ0v) is 16.9. The van der Waals surface area contributed by atoms with Gasteiger partial charge >= 0.3 is 0 Å². The van der Waals surface area contributed by atoms with Crippen molar-refractivity contribution in [2.24, 2.45) is 5.92 Å². The predicted octanol–water partition coefficient (Wildman–Crippen LogP) is 4.34. The van der Waals surface area contributed by atoms with Crippen LogP contribution in [0.25, 0.3) is 0 Å². The average molecular weight is 403 g/mol. The number of hydrogen-bond donors (Lipinski definition) is 1. The first-order valence-electron chi connectivity index (χ1n) is 9.05. The minimum absolute atomic E-state index is 0.0714. The van der Waals surface area contributed by atoms with Crippen molar-refractivity contribution in [3.63, 3.8) is 0 Å². The summed E-state index contributed by atoms with van der Waals surface area (Å²) in [6, 6.07) is 14.7. The van der Waals surface area contributed by atoms with Crippen LogP contribution >= 0.6 is 23.4 Å². The highest BCUT2D eigenvalue weighted by molar-refractivity contribution is 7.98. The van der Waals surface area contributed by atoms with E-state index in [1.54, 1.807) is 36.0 Å². The summed E-state index contributed by atoms with van der Waals surface area (Å²) in [7, 11) is 0. The maximum absolute atomic E-state index is 12.9. The third kappa shape index (κ3) is 4.85. The van der Waals surface area contributed by atoms with Crippen molar-refractivity contribution in [1.29, 1.82) is 0 Å². The number of rotatable bonds is 5. The number of likely N-dealkylation sites (tertiary alicyclic amines) is 1. The quantitative estimate of drug-likeness (QED) is 0.756. The molecule has 2 amide bonds. The summed E-state index contributed by atoms with van der Waals surface area (Å²) in [5.74, 6) is 0.148. The molecule has 0 aromatic heterocycles. The monoisotopic (exact) mass is 402 g/mol. The summed E-state index contributed by atoms with van der Waals surface area (Å²) >= 11 is 7.67. The molecule has 0 aliphatic carbocycles. The standard InChI is InChI=1S/C21H23ClN2O2S/c1-27-19-11-5-3-9-17(19)21(26)24-12-6-7-15(14-24)13-23-20(25)16-8-2-4-10-18(16)22/h2-5,8-11,15H,6-7,12-14H2,1H3,(H,23,25). The first-order valence-corrected chi connectivity index (χ1v) is 10.7. The van der Waals surface area contributed by atoms with Gasteiger partial charge in [0, 0.05) is 24.5 Å². The van der Waals surface area contributed by atoms with Gasteiger partial charge in [0.1, 0.15) is 0 Å². The molecular weight excluding hydrogens is 380 g/mol. The zero-order valence-electron chi connectivity index (χ0n) is 15.3. The molecule has 1 heterocycles. The van der Waals surface area contributed by atoms with Gasteiger partial charge in [-0.15, -0.1) is 11.8 Å². The number of nitrogens with zero attached hydrogens (tertiary/aromatic N) is 1. The third-order valence-corrected chi connectivity index (χ3v) is 5.94. The van der Waals surface area contributed by atoms with Gasteiger partial charge < -0.3 is 10.2 Å². The first-order chi connectivity index (χ1) is 13.1. The molecule has 1 aliphatic rings. The summed E-state index contributed by atoms with van der Waals surface area (Å²) in [6.45, 7) is 1.96. The van der Waals surface area contributed by atoms with E-state index < -0.39 is 0 Å². The molecule has 27 heavy (non-hydrogen) atoms. The second-order valence-electron chi connectivity index (χ2n) is 6.65. The lowest BCUT2D eigenvalue weighted by atomic mass is 9.97. The van der Waals surface area contributed by atoms with Gasteiger partial charge in [-0.3, -0.25) is 9.59 Å². The Morgan fingerprint density at radius 1 is 1.15 bits per heavy atom. The van der Waals surface area contributed by atoms with Crippen LogP contribution in [-0.4, -0.2) is 42.6 Å². The molecule has 0 spiro atoms. The number of hydrogen-bond acceptors (Lipinski definition) is 3. The van der Waals surface area contributed by atoms with Gasteiger partial charge in [0.25, 0.3) is 11.8 Å². The van der Waals surface area contributed by atoms with Crippen LogP contribution in [-0.2, 0) is 0 Å². The third-order valence-electron chi connectivity index (χ3n) is 4.81. The Morgan fingerprint density at radius 3 is 2.59 bits per heavy atom. The molecule has 1 atom stereocenters. The molecule has 1 aliphatic heterocycles. The number of amides is 2. The highest BCUT2D eigenvalue weighted by Crippen LogP contribution is 2.24. The lowest BCUT2D eigenvalue weighted by Gasteiger charge is -2.33. The van der Waals surface area contributed by atoms with Crippen molar-refractivity contribution >= 4 is 35.2 Å². The van der Waals surface area contributed by atoms with Crippen molar-refractivity contribution in [2.45, 2.75) is 17.7 Å². The molecule has 6 heteroatoms. The Labute approximate surface area is 169 Å². The smallest absolute Gasteiger partial charge is 0.254 e. The van der Waals surface area contributed by atoms with E-state index in [2.05, 4.69) is 5.32 Å². The van der Waals surface area contributed by atoms with E-state index in [4.69, 9.17) is 11.6 Å². The van der Waals surface area contributed by atoms with Gasteiger partial charge in [0.15, 0.2) is 0 Å². The molecule has 1 N–H and O–H groups in total. The highest BCUT2D eigenvalue weighted by atomic mass is 35.5. The number of piperidine rings is 1. The van der Waals surface area contributed by atoms with Crippen LogP contribution in [0.1, 0.15) is 33.6 Å². The molecule has 1 unspecified atom stereocenters. The number of halogens is 1. The Hall–Kier alpha value is -1.98. The Balaban J connectivity index is 1.60. The zero-order chi connectivity index (χ0) is 19.2. The first kappa shape index (κ1) is 19.8. The molecule has 4 nitrogen and oxygen atoms in total. The minimum Gasteiger partial charge on any atom is -0.352 e. The van der Waals surface area contributed by atoms with E-state index >= 15 is 0 Å². The molecule has 0 bridgehead atoms.